The second-order valence-electron chi connectivity index (χ2n) is 5.22. The van der Waals surface area contributed by atoms with E-state index in [9.17, 15) is 0 Å². The number of nitrogens with two attached hydrogens (primary N) is 1. The fraction of sp³-hybridized carbons (Fsp3) is 0.118. The minimum atomic E-state index is 0.456. The summed E-state index contributed by atoms with van der Waals surface area (Å²) in [5.74, 6) is 0.456. The molecule has 1 heterocycles. The van der Waals surface area contributed by atoms with Crippen molar-refractivity contribution < 1.29 is 0 Å². The summed E-state index contributed by atoms with van der Waals surface area (Å²) in [5.41, 5.74) is 12.1. The molecule has 0 aliphatic rings. The molecule has 0 bridgehead atoms. The number of aryl methyl sites for hydroxylation is 2. The molecule has 2 aromatic carbocycles. The number of aromatic amines is 1. The predicted molar refractivity (Wildman–Crippen MR) is 88.4 cm³/mol. The Morgan fingerprint density at radius 2 is 1.71 bits per heavy atom. The van der Waals surface area contributed by atoms with Crippen molar-refractivity contribution in [2.75, 3.05) is 5.73 Å². The fourth-order valence-electron chi connectivity index (χ4n) is 2.62. The summed E-state index contributed by atoms with van der Waals surface area (Å²) in [7, 11) is 0. The van der Waals surface area contributed by atoms with Gasteiger partial charge in [0.25, 0.3) is 0 Å². The van der Waals surface area contributed by atoms with Crippen LogP contribution >= 0.6 is 11.6 Å². The van der Waals surface area contributed by atoms with E-state index in [0.29, 0.717) is 10.8 Å². The van der Waals surface area contributed by atoms with E-state index >= 15 is 0 Å². The van der Waals surface area contributed by atoms with Gasteiger partial charge in [0.05, 0.1) is 11.3 Å². The van der Waals surface area contributed by atoms with Gasteiger partial charge in [-0.25, -0.2) is 0 Å². The van der Waals surface area contributed by atoms with Gasteiger partial charge in [0.2, 0.25) is 0 Å². The van der Waals surface area contributed by atoms with E-state index in [1.807, 2.05) is 24.3 Å². The molecule has 0 spiro atoms. The number of benzene rings is 2. The number of halogens is 1. The van der Waals surface area contributed by atoms with Crippen molar-refractivity contribution >= 4 is 17.4 Å². The number of anilines is 1. The summed E-state index contributed by atoms with van der Waals surface area (Å²) in [6.07, 6.45) is 0. The van der Waals surface area contributed by atoms with E-state index in [4.69, 9.17) is 17.3 Å². The van der Waals surface area contributed by atoms with E-state index in [1.54, 1.807) is 0 Å². The minimum absolute atomic E-state index is 0.456. The first-order chi connectivity index (χ1) is 10.1. The molecule has 0 fully saturated rings. The first-order valence-corrected chi connectivity index (χ1v) is 7.11. The molecule has 3 rings (SSSR count). The van der Waals surface area contributed by atoms with E-state index in [0.717, 1.165) is 22.4 Å². The van der Waals surface area contributed by atoms with Gasteiger partial charge in [0.1, 0.15) is 0 Å². The molecule has 0 amide bonds. The van der Waals surface area contributed by atoms with E-state index in [1.165, 1.54) is 11.1 Å². The van der Waals surface area contributed by atoms with Gasteiger partial charge >= 0.3 is 0 Å². The van der Waals surface area contributed by atoms with Crippen molar-refractivity contribution in [2.24, 2.45) is 0 Å². The molecule has 21 heavy (non-hydrogen) atoms. The lowest BCUT2D eigenvalue weighted by Crippen LogP contribution is -1.90. The topological polar surface area (TPSA) is 54.7 Å². The van der Waals surface area contributed by atoms with Crippen molar-refractivity contribution in [1.29, 1.82) is 0 Å². The number of rotatable bonds is 2. The third-order valence-corrected chi connectivity index (χ3v) is 3.78. The molecule has 106 valence electrons. The van der Waals surface area contributed by atoms with Gasteiger partial charge in [-0.15, -0.1) is 0 Å². The Bertz CT molecular complexity index is 785. The van der Waals surface area contributed by atoms with E-state index in [2.05, 4.69) is 42.2 Å². The maximum atomic E-state index is 6.31. The van der Waals surface area contributed by atoms with Crippen LogP contribution in [0.15, 0.2) is 42.5 Å². The zero-order valence-corrected chi connectivity index (χ0v) is 12.7. The molecule has 0 saturated heterocycles. The average molecular weight is 298 g/mol. The van der Waals surface area contributed by atoms with Crippen LogP contribution in [-0.4, -0.2) is 10.2 Å². The largest absolute Gasteiger partial charge is 0.382 e. The van der Waals surface area contributed by atoms with Crippen molar-refractivity contribution in [3.8, 4) is 22.4 Å². The van der Waals surface area contributed by atoms with Gasteiger partial charge in [0, 0.05) is 16.1 Å². The molecule has 0 radical (unpaired) electrons. The number of nitrogens with zero attached hydrogens (tertiary/aromatic N) is 1. The standard InChI is InChI=1S/C17H16ClN3/c1-10-7-11(2)9-12(8-10)16-15(17(19)21-20-16)13-5-3-4-6-14(13)18/h3-9H,1-2H3,(H3,19,20,21). The average Bonchev–Trinajstić information content (AvgIpc) is 2.80. The van der Waals surface area contributed by atoms with Gasteiger partial charge in [0.15, 0.2) is 5.82 Å². The van der Waals surface area contributed by atoms with Crippen molar-refractivity contribution in [3.05, 3.63) is 58.6 Å². The summed E-state index contributed by atoms with van der Waals surface area (Å²) in [4.78, 5) is 0. The molecule has 0 aliphatic carbocycles. The first kappa shape index (κ1) is 13.7. The molecular weight excluding hydrogens is 282 g/mol. The Labute approximate surface area is 128 Å². The highest BCUT2D eigenvalue weighted by Gasteiger charge is 2.17. The lowest BCUT2D eigenvalue weighted by Gasteiger charge is -2.08. The summed E-state index contributed by atoms with van der Waals surface area (Å²) < 4.78 is 0. The lowest BCUT2D eigenvalue weighted by molar-refractivity contribution is 1.10. The highest BCUT2D eigenvalue weighted by Crippen LogP contribution is 2.38. The maximum Gasteiger partial charge on any atom is 0.153 e. The molecule has 0 atom stereocenters. The van der Waals surface area contributed by atoms with Crippen molar-refractivity contribution in [3.63, 3.8) is 0 Å². The molecule has 0 aliphatic heterocycles. The monoisotopic (exact) mass is 297 g/mol. The Morgan fingerprint density at radius 1 is 1.05 bits per heavy atom. The number of H-pyrrole nitrogens is 1. The molecule has 3 nitrogen and oxygen atoms in total. The van der Waals surface area contributed by atoms with Gasteiger partial charge < -0.3 is 5.73 Å². The second kappa shape index (κ2) is 5.26. The quantitative estimate of drug-likeness (QED) is 0.726. The molecule has 1 aromatic heterocycles. The van der Waals surface area contributed by atoms with Gasteiger partial charge in [-0.05, 0) is 32.0 Å². The van der Waals surface area contributed by atoms with Crippen LogP contribution in [0.1, 0.15) is 11.1 Å². The Kier molecular flexibility index (Phi) is 3.43. The van der Waals surface area contributed by atoms with E-state index < -0.39 is 0 Å². The van der Waals surface area contributed by atoms with Crippen LogP contribution in [0.5, 0.6) is 0 Å². The van der Waals surface area contributed by atoms with Crippen molar-refractivity contribution in [1.82, 2.24) is 10.2 Å². The van der Waals surface area contributed by atoms with Crippen LogP contribution in [0.3, 0.4) is 0 Å². The van der Waals surface area contributed by atoms with Crippen LogP contribution in [0.25, 0.3) is 22.4 Å². The zero-order valence-electron chi connectivity index (χ0n) is 11.9. The van der Waals surface area contributed by atoms with Crippen LogP contribution in [0.2, 0.25) is 5.02 Å². The Morgan fingerprint density at radius 3 is 2.38 bits per heavy atom. The third kappa shape index (κ3) is 2.52. The summed E-state index contributed by atoms with van der Waals surface area (Å²) in [6, 6.07) is 14.0. The normalized spacial score (nSPS) is 10.8. The number of nitrogen functional groups attached to an aromatic ring is 1. The maximum absolute atomic E-state index is 6.31. The highest BCUT2D eigenvalue weighted by molar-refractivity contribution is 6.33. The minimum Gasteiger partial charge on any atom is -0.382 e. The van der Waals surface area contributed by atoms with Crippen LogP contribution in [0.4, 0.5) is 5.82 Å². The van der Waals surface area contributed by atoms with Crippen LogP contribution < -0.4 is 5.73 Å². The number of aromatic nitrogens is 2. The molecule has 3 N–H and O–H groups in total. The molecule has 0 saturated carbocycles. The Balaban J connectivity index is 2.24. The lowest BCUT2D eigenvalue weighted by atomic mass is 9.98. The van der Waals surface area contributed by atoms with E-state index in [-0.39, 0.29) is 0 Å². The highest BCUT2D eigenvalue weighted by atomic mass is 35.5. The van der Waals surface area contributed by atoms with Gasteiger partial charge in [-0.1, -0.05) is 47.0 Å². The number of nitrogens with one attached hydrogen (secondary N) is 1. The smallest absolute Gasteiger partial charge is 0.153 e. The predicted octanol–water partition coefficient (Wildman–Crippen LogP) is 4.60. The number of hydrogen-bond donors (Lipinski definition) is 2. The SMILES string of the molecule is Cc1cc(C)cc(-c2[nH]nc(N)c2-c2ccccc2Cl)c1. The second-order valence-corrected chi connectivity index (χ2v) is 5.62. The molecule has 4 heteroatoms. The number of hydrogen-bond acceptors (Lipinski definition) is 2. The third-order valence-electron chi connectivity index (χ3n) is 3.45. The molecule has 0 unspecified atom stereocenters. The summed E-state index contributed by atoms with van der Waals surface area (Å²) in [5, 5.41) is 7.86. The van der Waals surface area contributed by atoms with Crippen molar-refractivity contribution in [2.45, 2.75) is 13.8 Å². The van der Waals surface area contributed by atoms with Gasteiger partial charge in [-0.2, -0.15) is 5.10 Å². The Hall–Kier alpha value is -2.26. The van der Waals surface area contributed by atoms with Crippen LogP contribution in [0, 0.1) is 13.8 Å². The zero-order chi connectivity index (χ0) is 15.0. The first-order valence-electron chi connectivity index (χ1n) is 6.73. The molecular formula is C17H16ClN3. The fourth-order valence-corrected chi connectivity index (χ4v) is 2.85. The van der Waals surface area contributed by atoms with Crippen LogP contribution in [-0.2, 0) is 0 Å². The molecule has 3 aromatic rings. The van der Waals surface area contributed by atoms with Gasteiger partial charge in [-0.3, -0.25) is 5.10 Å². The summed E-state index contributed by atoms with van der Waals surface area (Å²) in [6.45, 7) is 4.15. The summed E-state index contributed by atoms with van der Waals surface area (Å²) >= 11 is 6.31.